The Balaban J connectivity index is 1.49. The van der Waals surface area contributed by atoms with Gasteiger partial charge in [-0.15, -0.1) is 0 Å². The second kappa shape index (κ2) is 9.21. The number of imidazole rings is 1. The van der Waals surface area contributed by atoms with Crippen LogP contribution in [-0.2, 0) is 17.8 Å². The average Bonchev–Trinajstić information content (AvgIpc) is 3.44. The van der Waals surface area contributed by atoms with Crippen LogP contribution >= 0.6 is 0 Å². The molecule has 6 heteroatoms. The summed E-state index contributed by atoms with van der Waals surface area (Å²) in [4.78, 5) is 19.9. The molecule has 174 valence electrons. The SMILES string of the molecule is CCc1ccc(N2C[C@H](c3nc4ccccc4n3Cc3ccc(OC)c(OC)c3)CC2=O)cc1. The summed E-state index contributed by atoms with van der Waals surface area (Å²) in [6, 6.07) is 22.4. The Morgan fingerprint density at radius 2 is 1.68 bits per heavy atom. The van der Waals surface area contributed by atoms with Crippen molar-refractivity contribution in [1.82, 2.24) is 9.55 Å². The van der Waals surface area contributed by atoms with Crippen LogP contribution in [0.15, 0.2) is 66.7 Å². The van der Waals surface area contributed by atoms with Crippen molar-refractivity contribution >= 4 is 22.6 Å². The van der Waals surface area contributed by atoms with E-state index >= 15 is 0 Å². The minimum atomic E-state index is 0.0193. The molecule has 0 saturated carbocycles. The average molecular weight is 456 g/mol. The first-order valence-electron chi connectivity index (χ1n) is 11.7. The summed E-state index contributed by atoms with van der Waals surface area (Å²) in [5.41, 5.74) is 5.30. The van der Waals surface area contributed by atoms with Crippen LogP contribution in [-0.4, -0.2) is 36.2 Å². The van der Waals surface area contributed by atoms with Crippen molar-refractivity contribution in [1.29, 1.82) is 0 Å². The van der Waals surface area contributed by atoms with Crippen molar-refractivity contribution in [2.24, 2.45) is 0 Å². The summed E-state index contributed by atoms with van der Waals surface area (Å²) in [6.07, 6.45) is 1.43. The molecule has 0 aliphatic carbocycles. The maximum atomic E-state index is 13.0. The number of amides is 1. The second-order valence-corrected chi connectivity index (χ2v) is 8.66. The summed E-state index contributed by atoms with van der Waals surface area (Å²) in [7, 11) is 3.28. The van der Waals surface area contributed by atoms with Crippen molar-refractivity contribution in [2.75, 3.05) is 25.7 Å². The number of benzene rings is 3. The van der Waals surface area contributed by atoms with Gasteiger partial charge in [0, 0.05) is 31.1 Å². The Bertz CT molecular complexity index is 1330. The molecule has 0 spiro atoms. The molecule has 1 aromatic heterocycles. The maximum Gasteiger partial charge on any atom is 0.227 e. The van der Waals surface area contributed by atoms with Crippen LogP contribution in [0.1, 0.15) is 36.2 Å². The van der Waals surface area contributed by atoms with E-state index in [1.54, 1.807) is 14.2 Å². The number of ether oxygens (including phenoxy) is 2. The molecule has 1 amide bonds. The molecule has 1 aliphatic rings. The highest BCUT2D eigenvalue weighted by molar-refractivity contribution is 5.96. The van der Waals surface area contributed by atoms with Crippen LogP contribution in [0.25, 0.3) is 11.0 Å². The minimum Gasteiger partial charge on any atom is -0.493 e. The van der Waals surface area contributed by atoms with E-state index in [1.807, 2.05) is 53.4 Å². The lowest BCUT2D eigenvalue weighted by molar-refractivity contribution is -0.117. The zero-order valence-corrected chi connectivity index (χ0v) is 19.8. The number of rotatable bonds is 7. The fraction of sp³-hybridized carbons (Fsp3) is 0.286. The summed E-state index contributed by atoms with van der Waals surface area (Å²) < 4.78 is 13.1. The molecule has 6 nitrogen and oxygen atoms in total. The number of hydrogen-bond acceptors (Lipinski definition) is 4. The first kappa shape index (κ1) is 22.0. The third kappa shape index (κ3) is 4.00. The van der Waals surface area contributed by atoms with E-state index in [1.165, 1.54) is 5.56 Å². The largest absolute Gasteiger partial charge is 0.493 e. The highest BCUT2D eigenvalue weighted by atomic mass is 16.5. The maximum absolute atomic E-state index is 13.0. The molecule has 0 radical (unpaired) electrons. The summed E-state index contributed by atoms with van der Waals surface area (Å²) in [5.74, 6) is 2.50. The number of anilines is 1. The molecular formula is C28H29N3O3. The lowest BCUT2D eigenvalue weighted by Crippen LogP contribution is -2.24. The van der Waals surface area contributed by atoms with E-state index in [2.05, 4.69) is 29.7 Å². The molecular weight excluding hydrogens is 426 g/mol. The first-order valence-corrected chi connectivity index (χ1v) is 11.7. The molecule has 0 N–H and O–H groups in total. The molecule has 2 heterocycles. The number of hydrogen-bond donors (Lipinski definition) is 0. The van der Waals surface area contributed by atoms with Crippen molar-refractivity contribution < 1.29 is 14.3 Å². The topological polar surface area (TPSA) is 56.6 Å². The van der Waals surface area contributed by atoms with Crippen molar-refractivity contribution in [3.05, 3.63) is 83.7 Å². The number of aromatic nitrogens is 2. The van der Waals surface area contributed by atoms with Gasteiger partial charge in [0.05, 0.1) is 25.3 Å². The van der Waals surface area contributed by atoms with E-state index in [0.717, 1.165) is 34.5 Å². The molecule has 5 rings (SSSR count). The molecule has 3 aromatic carbocycles. The highest BCUT2D eigenvalue weighted by Crippen LogP contribution is 2.34. The Hall–Kier alpha value is -3.80. The van der Waals surface area contributed by atoms with Gasteiger partial charge in [0.25, 0.3) is 0 Å². The molecule has 1 atom stereocenters. The smallest absolute Gasteiger partial charge is 0.227 e. The number of para-hydroxylation sites is 2. The van der Waals surface area contributed by atoms with Crippen molar-refractivity contribution in [2.45, 2.75) is 32.2 Å². The van der Waals surface area contributed by atoms with Crippen molar-refractivity contribution in [3.8, 4) is 11.5 Å². The molecule has 0 unspecified atom stereocenters. The number of methoxy groups -OCH3 is 2. The highest BCUT2D eigenvalue weighted by Gasteiger charge is 2.34. The van der Waals surface area contributed by atoms with E-state index in [-0.39, 0.29) is 11.8 Å². The van der Waals surface area contributed by atoms with E-state index in [4.69, 9.17) is 14.5 Å². The van der Waals surface area contributed by atoms with Gasteiger partial charge in [-0.3, -0.25) is 4.79 Å². The van der Waals surface area contributed by atoms with Gasteiger partial charge in [0.2, 0.25) is 5.91 Å². The fourth-order valence-corrected chi connectivity index (χ4v) is 4.78. The Morgan fingerprint density at radius 3 is 2.41 bits per heavy atom. The monoisotopic (exact) mass is 455 g/mol. The van der Waals surface area contributed by atoms with Crippen LogP contribution in [0, 0.1) is 0 Å². The lowest BCUT2D eigenvalue weighted by atomic mass is 10.1. The van der Waals surface area contributed by atoms with E-state index < -0.39 is 0 Å². The third-order valence-electron chi connectivity index (χ3n) is 6.62. The van der Waals surface area contributed by atoms with Crippen molar-refractivity contribution in [3.63, 3.8) is 0 Å². The standard InChI is InChI=1S/C28H29N3O3/c1-4-19-9-12-22(13-10-19)30-18-21(16-27(30)32)28-29-23-7-5-6-8-24(23)31(28)17-20-11-14-25(33-2)26(15-20)34-3/h5-15,21H,4,16-18H2,1-3H3/t21-/m1/s1. The quantitative estimate of drug-likeness (QED) is 0.385. The van der Waals surface area contributed by atoms with Gasteiger partial charge in [0.15, 0.2) is 11.5 Å². The molecule has 0 bridgehead atoms. The number of fused-ring (bicyclic) bond motifs is 1. The molecule has 1 fully saturated rings. The Morgan fingerprint density at radius 1 is 0.941 bits per heavy atom. The van der Waals surface area contributed by atoms with Gasteiger partial charge in [-0.05, 0) is 53.9 Å². The molecule has 4 aromatic rings. The fourth-order valence-electron chi connectivity index (χ4n) is 4.78. The Labute approximate surface area is 199 Å². The van der Waals surface area contributed by atoms with Crippen LogP contribution in [0.3, 0.4) is 0 Å². The first-order chi connectivity index (χ1) is 16.6. The van der Waals surface area contributed by atoms with Gasteiger partial charge >= 0.3 is 0 Å². The predicted octanol–water partition coefficient (Wildman–Crippen LogP) is 5.18. The number of nitrogens with zero attached hydrogens (tertiary/aromatic N) is 3. The van der Waals surface area contributed by atoms with Crippen LogP contribution < -0.4 is 14.4 Å². The predicted molar refractivity (Wildman–Crippen MR) is 134 cm³/mol. The summed E-state index contributed by atoms with van der Waals surface area (Å²) >= 11 is 0. The zero-order chi connectivity index (χ0) is 23.7. The summed E-state index contributed by atoms with van der Waals surface area (Å²) in [6.45, 7) is 3.39. The van der Waals surface area contributed by atoms with Gasteiger partial charge in [-0.2, -0.15) is 0 Å². The molecule has 1 saturated heterocycles. The van der Waals surface area contributed by atoms with Crippen LogP contribution in [0.5, 0.6) is 11.5 Å². The van der Waals surface area contributed by atoms with E-state index in [9.17, 15) is 4.79 Å². The van der Waals surface area contributed by atoms with Gasteiger partial charge < -0.3 is 18.9 Å². The normalized spacial score (nSPS) is 15.8. The minimum absolute atomic E-state index is 0.0193. The summed E-state index contributed by atoms with van der Waals surface area (Å²) in [5, 5.41) is 0. The Kier molecular flexibility index (Phi) is 5.97. The third-order valence-corrected chi connectivity index (χ3v) is 6.62. The molecule has 34 heavy (non-hydrogen) atoms. The van der Waals surface area contributed by atoms with Gasteiger partial charge in [0.1, 0.15) is 5.82 Å². The number of carbonyl (C=O) groups is 1. The zero-order valence-electron chi connectivity index (χ0n) is 19.8. The number of aryl methyl sites for hydroxylation is 1. The second-order valence-electron chi connectivity index (χ2n) is 8.66. The van der Waals surface area contributed by atoms with Gasteiger partial charge in [-0.25, -0.2) is 4.98 Å². The van der Waals surface area contributed by atoms with E-state index in [0.29, 0.717) is 31.0 Å². The van der Waals surface area contributed by atoms with Crippen LogP contribution in [0.2, 0.25) is 0 Å². The van der Waals surface area contributed by atoms with Crippen LogP contribution in [0.4, 0.5) is 5.69 Å². The number of carbonyl (C=O) groups excluding carboxylic acids is 1. The molecule has 1 aliphatic heterocycles. The van der Waals surface area contributed by atoms with Gasteiger partial charge in [-0.1, -0.05) is 37.3 Å². The lowest BCUT2D eigenvalue weighted by Gasteiger charge is -2.18.